The molecule has 3 nitrogen and oxygen atoms in total. The van der Waals surface area contributed by atoms with Crippen LogP contribution in [0.5, 0.6) is 0 Å². The summed E-state index contributed by atoms with van der Waals surface area (Å²) in [6.07, 6.45) is 4.45. The Morgan fingerprint density at radius 3 is 2.42 bits per heavy atom. The van der Waals surface area contributed by atoms with E-state index in [-0.39, 0.29) is 5.75 Å². The van der Waals surface area contributed by atoms with Crippen molar-refractivity contribution in [1.29, 1.82) is 0 Å². The van der Waals surface area contributed by atoms with Gasteiger partial charge in [-0.05, 0) is 17.9 Å². The molecule has 0 radical (unpaired) electrons. The third-order valence-corrected chi connectivity index (χ3v) is 4.65. The topological polar surface area (TPSA) is 46.2 Å². The first-order valence-corrected chi connectivity index (χ1v) is 8.74. The fourth-order valence-electron chi connectivity index (χ4n) is 2.03. The zero-order chi connectivity index (χ0) is 14.1. The molecule has 0 aliphatic heterocycles. The van der Waals surface area contributed by atoms with Crippen LogP contribution in [-0.4, -0.2) is 15.0 Å². The molecule has 1 N–H and O–H groups in total. The van der Waals surface area contributed by atoms with Crippen molar-refractivity contribution in [2.24, 2.45) is 5.92 Å². The standard InChI is InChI=1S/C15H25NO2S/c1-3-5-9-14(4-2)12-16-19(17,18)13-15-10-7-6-8-11-15/h6-8,10-11,14,16H,3-5,9,12-13H2,1-2H3/t14-/m0/s1. The third kappa shape index (κ3) is 6.73. The maximum Gasteiger partial charge on any atom is 0.215 e. The molecule has 1 aromatic carbocycles. The predicted molar refractivity (Wildman–Crippen MR) is 80.4 cm³/mol. The Hall–Kier alpha value is -0.870. The maximum absolute atomic E-state index is 12.0. The largest absolute Gasteiger partial charge is 0.215 e. The molecule has 0 fully saturated rings. The van der Waals surface area contributed by atoms with E-state index in [2.05, 4.69) is 18.6 Å². The molecule has 0 unspecified atom stereocenters. The van der Waals surface area contributed by atoms with Gasteiger partial charge < -0.3 is 0 Å². The summed E-state index contributed by atoms with van der Waals surface area (Å²) in [5, 5.41) is 0. The van der Waals surface area contributed by atoms with Crippen LogP contribution in [0.15, 0.2) is 30.3 Å². The molecule has 0 heterocycles. The van der Waals surface area contributed by atoms with E-state index in [0.29, 0.717) is 12.5 Å². The van der Waals surface area contributed by atoms with Crippen LogP contribution in [0.25, 0.3) is 0 Å². The van der Waals surface area contributed by atoms with Crippen LogP contribution in [0.1, 0.15) is 45.1 Å². The van der Waals surface area contributed by atoms with Crippen molar-refractivity contribution in [3.05, 3.63) is 35.9 Å². The average Bonchev–Trinajstić information content (AvgIpc) is 2.39. The minimum Gasteiger partial charge on any atom is -0.215 e. The normalized spacial score (nSPS) is 13.4. The van der Waals surface area contributed by atoms with E-state index >= 15 is 0 Å². The van der Waals surface area contributed by atoms with Crippen LogP contribution in [0, 0.1) is 5.92 Å². The van der Waals surface area contributed by atoms with Crippen molar-refractivity contribution in [2.45, 2.75) is 45.3 Å². The molecule has 0 aliphatic rings. The minimum atomic E-state index is -3.21. The van der Waals surface area contributed by atoms with E-state index in [9.17, 15) is 8.42 Å². The zero-order valence-corrected chi connectivity index (χ0v) is 12.7. The van der Waals surface area contributed by atoms with Gasteiger partial charge in [0, 0.05) is 6.54 Å². The van der Waals surface area contributed by atoms with Crippen molar-refractivity contribution in [1.82, 2.24) is 4.72 Å². The van der Waals surface area contributed by atoms with Gasteiger partial charge in [-0.2, -0.15) is 0 Å². The Morgan fingerprint density at radius 1 is 1.16 bits per heavy atom. The van der Waals surface area contributed by atoms with Gasteiger partial charge >= 0.3 is 0 Å². The molecule has 108 valence electrons. The van der Waals surface area contributed by atoms with Crippen LogP contribution in [0.2, 0.25) is 0 Å². The molecule has 1 rings (SSSR count). The van der Waals surface area contributed by atoms with Crippen LogP contribution in [0.3, 0.4) is 0 Å². The molecule has 0 aliphatic carbocycles. The second-order valence-corrected chi connectivity index (χ2v) is 6.82. The lowest BCUT2D eigenvalue weighted by molar-refractivity contribution is 0.443. The molecular formula is C15H25NO2S. The summed E-state index contributed by atoms with van der Waals surface area (Å²) in [5.41, 5.74) is 0.830. The fourth-order valence-corrected chi connectivity index (χ4v) is 3.26. The van der Waals surface area contributed by atoms with Gasteiger partial charge in [0.05, 0.1) is 5.75 Å². The summed E-state index contributed by atoms with van der Waals surface area (Å²) in [6.45, 7) is 4.84. The molecule has 1 atom stereocenters. The fraction of sp³-hybridized carbons (Fsp3) is 0.600. The lowest BCUT2D eigenvalue weighted by Crippen LogP contribution is -2.30. The molecule has 0 aromatic heterocycles. The molecule has 4 heteroatoms. The molecule has 1 aromatic rings. The van der Waals surface area contributed by atoms with Gasteiger partial charge in [-0.3, -0.25) is 0 Å². The van der Waals surface area contributed by atoms with Crippen LogP contribution < -0.4 is 4.72 Å². The van der Waals surface area contributed by atoms with Crippen molar-refractivity contribution >= 4 is 10.0 Å². The first kappa shape index (κ1) is 16.2. The van der Waals surface area contributed by atoms with E-state index in [0.717, 1.165) is 24.8 Å². The maximum atomic E-state index is 12.0. The second kappa shape index (κ2) is 8.33. The average molecular weight is 283 g/mol. The summed E-state index contributed by atoms with van der Waals surface area (Å²) in [6, 6.07) is 9.30. The summed E-state index contributed by atoms with van der Waals surface area (Å²) >= 11 is 0. The lowest BCUT2D eigenvalue weighted by Gasteiger charge is -2.15. The van der Waals surface area contributed by atoms with E-state index < -0.39 is 10.0 Å². The number of nitrogens with one attached hydrogen (secondary N) is 1. The Labute approximate surface area is 117 Å². The van der Waals surface area contributed by atoms with Gasteiger partial charge in [0.2, 0.25) is 10.0 Å². The molecular weight excluding hydrogens is 258 g/mol. The molecule has 0 amide bonds. The summed E-state index contributed by atoms with van der Waals surface area (Å²) < 4.78 is 26.7. The van der Waals surface area contributed by atoms with E-state index in [1.165, 1.54) is 6.42 Å². The quantitative estimate of drug-likeness (QED) is 0.755. The molecule has 0 saturated carbocycles. The van der Waals surface area contributed by atoms with E-state index in [1.54, 1.807) is 0 Å². The van der Waals surface area contributed by atoms with Crippen molar-refractivity contribution in [2.75, 3.05) is 6.54 Å². The van der Waals surface area contributed by atoms with Crippen LogP contribution in [0.4, 0.5) is 0 Å². The highest BCUT2D eigenvalue weighted by molar-refractivity contribution is 7.88. The zero-order valence-electron chi connectivity index (χ0n) is 11.9. The van der Waals surface area contributed by atoms with Gasteiger partial charge in [-0.15, -0.1) is 0 Å². The lowest BCUT2D eigenvalue weighted by atomic mass is 10.00. The number of benzene rings is 1. The van der Waals surface area contributed by atoms with E-state index in [1.807, 2.05) is 30.3 Å². The van der Waals surface area contributed by atoms with Crippen molar-refractivity contribution in [3.63, 3.8) is 0 Å². The van der Waals surface area contributed by atoms with E-state index in [4.69, 9.17) is 0 Å². The molecule has 0 bridgehead atoms. The van der Waals surface area contributed by atoms with Crippen LogP contribution >= 0.6 is 0 Å². The third-order valence-electron chi connectivity index (χ3n) is 3.33. The van der Waals surface area contributed by atoms with Gasteiger partial charge in [0.25, 0.3) is 0 Å². The number of unbranched alkanes of at least 4 members (excludes halogenated alkanes) is 1. The number of hydrogen-bond donors (Lipinski definition) is 1. The van der Waals surface area contributed by atoms with Crippen molar-refractivity contribution in [3.8, 4) is 0 Å². The number of sulfonamides is 1. The SMILES string of the molecule is CCCC[C@H](CC)CNS(=O)(=O)Cc1ccccc1. The minimum absolute atomic E-state index is 0.0675. The smallest absolute Gasteiger partial charge is 0.215 e. The Bertz CT molecular complexity index is 442. The highest BCUT2D eigenvalue weighted by Crippen LogP contribution is 2.12. The summed E-state index contributed by atoms with van der Waals surface area (Å²) in [4.78, 5) is 0. The highest BCUT2D eigenvalue weighted by Gasteiger charge is 2.14. The van der Waals surface area contributed by atoms with Crippen LogP contribution in [-0.2, 0) is 15.8 Å². The summed E-state index contributed by atoms with van der Waals surface area (Å²) in [7, 11) is -3.21. The molecule has 0 spiro atoms. The van der Waals surface area contributed by atoms with Gasteiger partial charge in [0.15, 0.2) is 0 Å². The van der Waals surface area contributed by atoms with Gasteiger partial charge in [0.1, 0.15) is 0 Å². The highest BCUT2D eigenvalue weighted by atomic mass is 32.2. The summed E-state index contributed by atoms with van der Waals surface area (Å²) in [5.74, 6) is 0.517. The second-order valence-electron chi connectivity index (χ2n) is 5.01. The Kier molecular flexibility index (Phi) is 7.10. The molecule has 0 saturated heterocycles. The Morgan fingerprint density at radius 2 is 1.84 bits per heavy atom. The van der Waals surface area contributed by atoms with Crippen molar-refractivity contribution < 1.29 is 8.42 Å². The first-order chi connectivity index (χ1) is 9.07. The first-order valence-electron chi connectivity index (χ1n) is 7.08. The van der Waals surface area contributed by atoms with Gasteiger partial charge in [-0.25, -0.2) is 13.1 Å². The monoisotopic (exact) mass is 283 g/mol. The number of rotatable bonds is 9. The van der Waals surface area contributed by atoms with Gasteiger partial charge in [-0.1, -0.05) is 63.4 Å². The predicted octanol–water partition coefficient (Wildman–Crippen LogP) is 3.32. The molecule has 19 heavy (non-hydrogen) atoms. The number of hydrogen-bond acceptors (Lipinski definition) is 2. The Balaban J connectivity index is 2.46.